The third-order valence-electron chi connectivity index (χ3n) is 2.81. The summed E-state index contributed by atoms with van der Waals surface area (Å²) in [6.45, 7) is 1.66. The fraction of sp³-hybridized carbons (Fsp3) is 0.467. The molecule has 0 aliphatic heterocycles. The van der Waals surface area contributed by atoms with E-state index >= 15 is 0 Å². The Morgan fingerprint density at radius 3 is 2.68 bits per heavy atom. The number of carbonyl (C=O) groups is 1. The van der Waals surface area contributed by atoms with E-state index in [9.17, 15) is 4.79 Å². The standard InChI is InChI=1S/C15H23N3O3S/c1-20-13-6-4-12(5-7-13)14(19)21-10-3-2-8-17-15(16)18-9-11-22/h4-7,22H,2-3,8-11H2,1H3,(H3,16,17,18). The maximum atomic E-state index is 11.8. The minimum absolute atomic E-state index is 0.332. The molecule has 0 bridgehead atoms. The van der Waals surface area contributed by atoms with Gasteiger partial charge in [-0.15, -0.1) is 0 Å². The van der Waals surface area contributed by atoms with Crippen molar-refractivity contribution in [2.24, 2.45) is 10.7 Å². The number of guanidine groups is 1. The third kappa shape index (κ3) is 7.21. The SMILES string of the molecule is COc1ccc(C(=O)OCCCCN=C(N)NCCS)cc1. The first-order valence-electron chi connectivity index (χ1n) is 7.13. The van der Waals surface area contributed by atoms with Crippen molar-refractivity contribution in [3.05, 3.63) is 29.8 Å². The number of thiol groups is 1. The van der Waals surface area contributed by atoms with Crippen molar-refractivity contribution in [3.63, 3.8) is 0 Å². The first-order chi connectivity index (χ1) is 10.7. The van der Waals surface area contributed by atoms with Gasteiger partial charge in [0.15, 0.2) is 5.96 Å². The fourth-order valence-electron chi connectivity index (χ4n) is 1.63. The molecule has 0 saturated heterocycles. The average Bonchev–Trinajstić information content (AvgIpc) is 2.55. The van der Waals surface area contributed by atoms with Gasteiger partial charge in [-0.3, -0.25) is 4.99 Å². The largest absolute Gasteiger partial charge is 0.497 e. The molecule has 0 spiro atoms. The fourth-order valence-corrected chi connectivity index (χ4v) is 1.74. The molecule has 0 aliphatic carbocycles. The normalized spacial score (nSPS) is 11.1. The summed E-state index contributed by atoms with van der Waals surface area (Å²) in [7, 11) is 1.58. The van der Waals surface area contributed by atoms with Gasteiger partial charge in [0, 0.05) is 18.8 Å². The minimum atomic E-state index is -0.332. The number of hydrogen-bond donors (Lipinski definition) is 3. The molecule has 1 aromatic carbocycles. The summed E-state index contributed by atoms with van der Waals surface area (Å²) in [5.41, 5.74) is 6.14. The second-order valence-electron chi connectivity index (χ2n) is 4.49. The van der Waals surface area contributed by atoms with Crippen molar-refractivity contribution in [2.45, 2.75) is 12.8 Å². The Hall–Kier alpha value is -1.89. The number of ether oxygens (including phenoxy) is 2. The summed E-state index contributed by atoms with van der Waals surface area (Å²) in [5, 5.41) is 2.93. The van der Waals surface area contributed by atoms with Gasteiger partial charge in [-0.05, 0) is 37.1 Å². The number of carbonyl (C=O) groups excluding carboxylic acids is 1. The van der Waals surface area contributed by atoms with Crippen molar-refractivity contribution in [1.29, 1.82) is 0 Å². The number of aliphatic imine (C=N–C) groups is 1. The first-order valence-corrected chi connectivity index (χ1v) is 7.76. The first kappa shape index (κ1) is 18.2. The number of unbranched alkanes of at least 4 members (excludes halogenated alkanes) is 1. The monoisotopic (exact) mass is 325 g/mol. The van der Waals surface area contributed by atoms with Crippen LogP contribution in [0, 0.1) is 0 Å². The highest BCUT2D eigenvalue weighted by atomic mass is 32.1. The van der Waals surface area contributed by atoms with Gasteiger partial charge in [-0.25, -0.2) is 4.79 Å². The second kappa shape index (κ2) is 10.8. The molecule has 1 rings (SSSR count). The Morgan fingerprint density at radius 1 is 1.32 bits per heavy atom. The summed E-state index contributed by atoms with van der Waals surface area (Å²) in [5.74, 6) is 1.50. The topological polar surface area (TPSA) is 85.9 Å². The molecule has 22 heavy (non-hydrogen) atoms. The summed E-state index contributed by atoms with van der Waals surface area (Å²) in [6.07, 6.45) is 1.55. The van der Waals surface area contributed by atoms with Crippen molar-refractivity contribution in [3.8, 4) is 5.75 Å². The maximum absolute atomic E-state index is 11.8. The van der Waals surface area contributed by atoms with Gasteiger partial charge >= 0.3 is 5.97 Å². The molecule has 0 amide bonds. The van der Waals surface area contributed by atoms with E-state index in [0.717, 1.165) is 12.8 Å². The van der Waals surface area contributed by atoms with Crippen LogP contribution in [0.5, 0.6) is 5.75 Å². The van der Waals surface area contributed by atoms with Gasteiger partial charge in [0.1, 0.15) is 5.75 Å². The van der Waals surface area contributed by atoms with Crippen LogP contribution in [0.2, 0.25) is 0 Å². The van der Waals surface area contributed by atoms with E-state index in [1.165, 1.54) is 0 Å². The predicted molar refractivity (Wildman–Crippen MR) is 90.9 cm³/mol. The van der Waals surface area contributed by atoms with Gasteiger partial charge in [0.25, 0.3) is 0 Å². The number of esters is 1. The van der Waals surface area contributed by atoms with E-state index in [1.54, 1.807) is 31.4 Å². The van der Waals surface area contributed by atoms with Gasteiger partial charge < -0.3 is 20.5 Å². The number of hydrogen-bond acceptors (Lipinski definition) is 5. The van der Waals surface area contributed by atoms with E-state index in [4.69, 9.17) is 15.2 Å². The van der Waals surface area contributed by atoms with E-state index in [1.807, 2.05) is 0 Å². The molecule has 1 aromatic rings. The molecule has 122 valence electrons. The van der Waals surface area contributed by atoms with Gasteiger partial charge in [-0.1, -0.05) is 0 Å². The average molecular weight is 325 g/mol. The Kier molecular flexibility index (Phi) is 8.90. The molecular formula is C15H23N3O3S. The Morgan fingerprint density at radius 2 is 2.05 bits per heavy atom. The highest BCUT2D eigenvalue weighted by Crippen LogP contribution is 2.12. The molecule has 0 aromatic heterocycles. The molecule has 0 atom stereocenters. The van der Waals surface area contributed by atoms with Gasteiger partial charge in [-0.2, -0.15) is 12.6 Å². The zero-order chi connectivity index (χ0) is 16.2. The highest BCUT2D eigenvalue weighted by molar-refractivity contribution is 7.80. The zero-order valence-corrected chi connectivity index (χ0v) is 13.6. The van der Waals surface area contributed by atoms with Crippen LogP contribution >= 0.6 is 12.6 Å². The molecule has 0 heterocycles. The molecule has 3 N–H and O–H groups in total. The molecule has 0 radical (unpaired) electrons. The zero-order valence-electron chi connectivity index (χ0n) is 12.7. The molecule has 0 unspecified atom stereocenters. The van der Waals surface area contributed by atoms with Crippen LogP contribution in [-0.4, -0.2) is 44.5 Å². The maximum Gasteiger partial charge on any atom is 0.338 e. The summed E-state index contributed by atoms with van der Waals surface area (Å²) in [6, 6.07) is 6.82. The van der Waals surface area contributed by atoms with E-state index in [0.29, 0.717) is 42.7 Å². The summed E-state index contributed by atoms with van der Waals surface area (Å²) in [4.78, 5) is 15.9. The molecule has 0 aliphatic rings. The molecule has 6 nitrogen and oxygen atoms in total. The number of benzene rings is 1. The lowest BCUT2D eigenvalue weighted by Gasteiger charge is -2.06. The highest BCUT2D eigenvalue weighted by Gasteiger charge is 2.06. The molecular weight excluding hydrogens is 302 g/mol. The van der Waals surface area contributed by atoms with Crippen LogP contribution in [-0.2, 0) is 4.74 Å². The lowest BCUT2D eigenvalue weighted by Crippen LogP contribution is -2.33. The lowest BCUT2D eigenvalue weighted by atomic mass is 10.2. The number of methoxy groups -OCH3 is 1. The van der Waals surface area contributed by atoms with E-state index < -0.39 is 0 Å². The minimum Gasteiger partial charge on any atom is -0.497 e. The number of nitrogens with two attached hydrogens (primary N) is 1. The number of nitrogens with one attached hydrogen (secondary N) is 1. The molecule has 0 fully saturated rings. The van der Waals surface area contributed by atoms with Gasteiger partial charge in [0.05, 0.1) is 19.3 Å². The van der Waals surface area contributed by atoms with E-state index in [2.05, 4.69) is 22.9 Å². The van der Waals surface area contributed by atoms with Crippen molar-refractivity contribution < 1.29 is 14.3 Å². The van der Waals surface area contributed by atoms with Gasteiger partial charge in [0.2, 0.25) is 0 Å². The smallest absolute Gasteiger partial charge is 0.338 e. The predicted octanol–water partition coefficient (Wildman–Crippen LogP) is 1.47. The number of nitrogens with zero attached hydrogens (tertiary/aromatic N) is 1. The van der Waals surface area contributed by atoms with Crippen LogP contribution < -0.4 is 15.8 Å². The Labute approximate surface area is 136 Å². The van der Waals surface area contributed by atoms with Crippen LogP contribution in [0.15, 0.2) is 29.3 Å². The Bertz CT molecular complexity index is 477. The molecule has 7 heteroatoms. The quantitative estimate of drug-likeness (QED) is 0.210. The Balaban J connectivity index is 2.17. The van der Waals surface area contributed by atoms with Crippen LogP contribution in [0.25, 0.3) is 0 Å². The van der Waals surface area contributed by atoms with Crippen LogP contribution in [0.3, 0.4) is 0 Å². The van der Waals surface area contributed by atoms with Crippen molar-refractivity contribution in [2.75, 3.05) is 32.6 Å². The van der Waals surface area contributed by atoms with Crippen molar-refractivity contribution in [1.82, 2.24) is 5.32 Å². The van der Waals surface area contributed by atoms with Crippen LogP contribution in [0.4, 0.5) is 0 Å². The second-order valence-corrected chi connectivity index (χ2v) is 4.94. The third-order valence-corrected chi connectivity index (χ3v) is 3.04. The summed E-state index contributed by atoms with van der Waals surface area (Å²) >= 11 is 4.06. The summed E-state index contributed by atoms with van der Waals surface area (Å²) < 4.78 is 10.2. The van der Waals surface area contributed by atoms with Crippen molar-refractivity contribution >= 4 is 24.6 Å². The number of rotatable bonds is 9. The van der Waals surface area contributed by atoms with Crippen LogP contribution in [0.1, 0.15) is 23.2 Å². The lowest BCUT2D eigenvalue weighted by molar-refractivity contribution is 0.0499. The molecule has 0 saturated carbocycles. The van der Waals surface area contributed by atoms with E-state index in [-0.39, 0.29) is 5.97 Å².